The molecule has 0 aliphatic heterocycles. The van der Waals surface area contributed by atoms with Crippen LogP contribution in [0.5, 0.6) is 5.75 Å². The monoisotopic (exact) mass is 430 g/mol. The molecule has 2 amide bonds. The first-order valence-electron chi connectivity index (χ1n) is 10.6. The molecule has 166 valence electrons. The number of aryl methyl sites for hydroxylation is 3. The predicted molar refractivity (Wildman–Crippen MR) is 130 cm³/mol. The molecule has 32 heavy (non-hydrogen) atoms. The number of methoxy groups -OCH3 is 1. The van der Waals surface area contributed by atoms with E-state index in [4.69, 9.17) is 4.74 Å². The van der Waals surface area contributed by atoms with Crippen LogP contribution < -0.4 is 15.0 Å². The minimum Gasteiger partial charge on any atom is -0.497 e. The van der Waals surface area contributed by atoms with Crippen LogP contribution in [0, 0.1) is 20.8 Å². The maximum Gasteiger partial charge on any atom is 0.259 e. The molecule has 0 radical (unpaired) electrons. The molecule has 3 aromatic rings. The first-order chi connectivity index (χ1) is 15.1. The molecule has 5 heteroatoms. The van der Waals surface area contributed by atoms with Gasteiger partial charge in [-0.1, -0.05) is 35.9 Å². The highest BCUT2D eigenvalue weighted by Crippen LogP contribution is 2.30. The van der Waals surface area contributed by atoms with Gasteiger partial charge in [0, 0.05) is 16.9 Å². The van der Waals surface area contributed by atoms with Crippen LogP contribution in [0.25, 0.3) is 0 Å². The molecule has 0 heterocycles. The van der Waals surface area contributed by atoms with Crippen molar-refractivity contribution in [2.24, 2.45) is 0 Å². The number of anilines is 2. The molecular weight excluding hydrogens is 400 g/mol. The van der Waals surface area contributed by atoms with Crippen LogP contribution in [0.3, 0.4) is 0 Å². The average Bonchev–Trinajstić information content (AvgIpc) is 2.77. The Bertz CT molecular complexity index is 1100. The standard InChI is InChI=1S/C27H30N2O3/c1-18-10-12-21(13-11-18)25(30)29(22-14-16-23(32-6)17-15-22)27(4,5)26(31)28-24-19(2)8-7-9-20(24)3/h7-17H,1-6H3,(H,28,31). The Labute approximate surface area is 190 Å². The number of nitrogens with zero attached hydrogens (tertiary/aromatic N) is 1. The van der Waals surface area contributed by atoms with Crippen LogP contribution in [0.4, 0.5) is 11.4 Å². The predicted octanol–water partition coefficient (Wildman–Crippen LogP) is 5.68. The van der Waals surface area contributed by atoms with Crippen LogP contribution in [-0.2, 0) is 4.79 Å². The maximum atomic E-state index is 13.7. The van der Waals surface area contributed by atoms with Crippen molar-refractivity contribution >= 4 is 23.2 Å². The fraction of sp³-hybridized carbons (Fsp3) is 0.259. The van der Waals surface area contributed by atoms with E-state index in [1.165, 1.54) is 0 Å². The lowest BCUT2D eigenvalue weighted by atomic mass is 9.97. The van der Waals surface area contributed by atoms with Crippen molar-refractivity contribution in [3.8, 4) is 5.75 Å². The number of carbonyl (C=O) groups excluding carboxylic acids is 2. The van der Waals surface area contributed by atoms with Crippen molar-refractivity contribution in [3.63, 3.8) is 0 Å². The van der Waals surface area contributed by atoms with Gasteiger partial charge in [-0.2, -0.15) is 0 Å². The molecule has 0 aliphatic rings. The van der Waals surface area contributed by atoms with Crippen molar-refractivity contribution in [1.82, 2.24) is 0 Å². The number of hydrogen-bond acceptors (Lipinski definition) is 3. The zero-order valence-corrected chi connectivity index (χ0v) is 19.5. The van der Waals surface area contributed by atoms with E-state index >= 15 is 0 Å². The number of benzene rings is 3. The SMILES string of the molecule is COc1ccc(N(C(=O)c2ccc(C)cc2)C(C)(C)C(=O)Nc2c(C)cccc2C)cc1. The summed E-state index contributed by atoms with van der Waals surface area (Å²) in [6.45, 7) is 9.39. The van der Waals surface area contributed by atoms with Crippen molar-refractivity contribution < 1.29 is 14.3 Å². The fourth-order valence-electron chi connectivity index (χ4n) is 3.63. The van der Waals surface area contributed by atoms with Crippen LogP contribution in [0.15, 0.2) is 66.7 Å². The molecule has 0 bridgehead atoms. The van der Waals surface area contributed by atoms with E-state index in [-0.39, 0.29) is 11.8 Å². The molecule has 0 fully saturated rings. The topological polar surface area (TPSA) is 58.6 Å². The number of para-hydroxylation sites is 1. The van der Waals surface area contributed by atoms with E-state index in [9.17, 15) is 9.59 Å². The Balaban J connectivity index is 2.04. The number of nitrogens with one attached hydrogen (secondary N) is 1. The first kappa shape index (κ1) is 23.1. The van der Waals surface area contributed by atoms with Gasteiger partial charge < -0.3 is 10.1 Å². The van der Waals surface area contributed by atoms with Gasteiger partial charge in [-0.15, -0.1) is 0 Å². The Kier molecular flexibility index (Phi) is 6.68. The lowest BCUT2D eigenvalue weighted by Crippen LogP contribution is -2.55. The Morgan fingerprint density at radius 1 is 0.844 bits per heavy atom. The van der Waals surface area contributed by atoms with Crippen LogP contribution in [-0.4, -0.2) is 24.5 Å². The third-order valence-corrected chi connectivity index (χ3v) is 5.67. The molecule has 3 rings (SSSR count). The smallest absolute Gasteiger partial charge is 0.259 e. The van der Waals surface area contributed by atoms with Gasteiger partial charge >= 0.3 is 0 Å². The summed E-state index contributed by atoms with van der Waals surface area (Å²) < 4.78 is 5.26. The largest absolute Gasteiger partial charge is 0.497 e. The van der Waals surface area contributed by atoms with E-state index < -0.39 is 5.54 Å². The lowest BCUT2D eigenvalue weighted by molar-refractivity contribution is -0.120. The van der Waals surface area contributed by atoms with E-state index in [1.807, 2.05) is 51.1 Å². The molecule has 0 unspecified atom stereocenters. The quantitative estimate of drug-likeness (QED) is 0.547. The lowest BCUT2D eigenvalue weighted by Gasteiger charge is -2.37. The van der Waals surface area contributed by atoms with Crippen molar-refractivity contribution in [3.05, 3.63) is 89.0 Å². The van der Waals surface area contributed by atoms with E-state index in [2.05, 4.69) is 5.32 Å². The van der Waals surface area contributed by atoms with Gasteiger partial charge in [0.15, 0.2) is 0 Å². The van der Waals surface area contributed by atoms with Gasteiger partial charge in [-0.3, -0.25) is 14.5 Å². The van der Waals surface area contributed by atoms with E-state index in [0.29, 0.717) is 17.0 Å². The Morgan fingerprint density at radius 2 is 1.41 bits per heavy atom. The zero-order chi connectivity index (χ0) is 23.5. The molecule has 0 aliphatic carbocycles. The minimum atomic E-state index is -1.18. The van der Waals surface area contributed by atoms with E-state index in [1.54, 1.807) is 62.3 Å². The summed E-state index contributed by atoms with van der Waals surface area (Å²) in [5, 5.41) is 3.05. The Hall–Kier alpha value is -3.60. The van der Waals surface area contributed by atoms with Crippen molar-refractivity contribution in [2.75, 3.05) is 17.3 Å². The summed E-state index contributed by atoms with van der Waals surface area (Å²) in [4.78, 5) is 28.7. The van der Waals surface area contributed by atoms with Crippen molar-refractivity contribution in [1.29, 1.82) is 0 Å². The second-order valence-corrected chi connectivity index (χ2v) is 8.48. The summed E-state index contributed by atoms with van der Waals surface area (Å²) >= 11 is 0. The molecule has 5 nitrogen and oxygen atoms in total. The van der Waals surface area contributed by atoms with Crippen LogP contribution in [0.2, 0.25) is 0 Å². The summed E-state index contributed by atoms with van der Waals surface area (Å²) in [6, 6.07) is 20.4. The highest BCUT2D eigenvalue weighted by molar-refractivity contribution is 6.13. The highest BCUT2D eigenvalue weighted by Gasteiger charge is 2.39. The summed E-state index contributed by atoms with van der Waals surface area (Å²) in [5.74, 6) is 0.150. The molecule has 1 N–H and O–H groups in total. The van der Waals surface area contributed by atoms with Gasteiger partial charge in [0.2, 0.25) is 5.91 Å². The molecule has 0 spiro atoms. The zero-order valence-electron chi connectivity index (χ0n) is 19.5. The van der Waals surface area contributed by atoms with Gasteiger partial charge in [0.05, 0.1) is 7.11 Å². The van der Waals surface area contributed by atoms with Crippen LogP contribution >= 0.6 is 0 Å². The van der Waals surface area contributed by atoms with Gasteiger partial charge in [-0.25, -0.2) is 0 Å². The molecule has 0 saturated carbocycles. The Morgan fingerprint density at radius 3 is 1.94 bits per heavy atom. The van der Waals surface area contributed by atoms with Gasteiger partial charge in [0.1, 0.15) is 11.3 Å². The summed E-state index contributed by atoms with van der Waals surface area (Å²) in [6.07, 6.45) is 0. The first-order valence-corrected chi connectivity index (χ1v) is 10.6. The number of rotatable bonds is 6. The number of carbonyl (C=O) groups is 2. The number of hydrogen-bond donors (Lipinski definition) is 1. The third kappa shape index (κ3) is 4.67. The second kappa shape index (κ2) is 9.27. The molecule has 0 aromatic heterocycles. The van der Waals surface area contributed by atoms with Crippen molar-refractivity contribution in [2.45, 2.75) is 40.2 Å². The summed E-state index contributed by atoms with van der Waals surface area (Å²) in [7, 11) is 1.59. The van der Waals surface area contributed by atoms with Gasteiger partial charge in [-0.05, 0) is 82.1 Å². The van der Waals surface area contributed by atoms with Gasteiger partial charge in [0.25, 0.3) is 5.91 Å². The normalized spacial score (nSPS) is 11.1. The second-order valence-electron chi connectivity index (χ2n) is 8.48. The fourth-order valence-corrected chi connectivity index (χ4v) is 3.63. The molecule has 0 atom stereocenters. The molecular formula is C27H30N2O3. The van der Waals surface area contributed by atoms with Crippen LogP contribution in [0.1, 0.15) is 40.9 Å². The van der Waals surface area contributed by atoms with E-state index in [0.717, 1.165) is 22.4 Å². The average molecular weight is 431 g/mol. The number of amides is 2. The molecule has 3 aromatic carbocycles. The summed E-state index contributed by atoms with van der Waals surface area (Å²) in [5.41, 5.74) is 3.71. The molecule has 0 saturated heterocycles. The number of ether oxygens (including phenoxy) is 1. The maximum absolute atomic E-state index is 13.7. The highest BCUT2D eigenvalue weighted by atomic mass is 16.5. The third-order valence-electron chi connectivity index (χ3n) is 5.67. The minimum absolute atomic E-state index is 0.253.